The summed E-state index contributed by atoms with van der Waals surface area (Å²) in [5, 5.41) is 9.87. The van der Waals surface area contributed by atoms with E-state index in [1.807, 2.05) is 59.3 Å². The zero-order valence-corrected chi connectivity index (χ0v) is 18.3. The van der Waals surface area contributed by atoms with E-state index in [4.69, 9.17) is 10.00 Å². The van der Waals surface area contributed by atoms with Crippen LogP contribution in [0.25, 0.3) is 32.2 Å². The summed E-state index contributed by atoms with van der Waals surface area (Å²) in [5.74, 6) is -0.526. The van der Waals surface area contributed by atoms with E-state index in [0.29, 0.717) is 23.6 Å². The van der Waals surface area contributed by atoms with Gasteiger partial charge < -0.3 is 9.30 Å². The number of para-hydroxylation sites is 2. The number of aryl methyl sites for hydroxylation is 1. The highest BCUT2D eigenvalue weighted by Crippen LogP contribution is 2.24. The summed E-state index contributed by atoms with van der Waals surface area (Å²) in [5.41, 5.74) is 2.88. The lowest BCUT2D eigenvalue weighted by Gasteiger charge is -2.02. The maximum atomic E-state index is 12.6. The molecule has 5 rings (SSSR count). The molecular formula is C25H18N4O3S. The first-order valence-corrected chi connectivity index (χ1v) is 11.2. The number of ether oxygens (including phenoxy) is 1. The van der Waals surface area contributed by atoms with E-state index >= 15 is 0 Å². The minimum absolute atomic E-state index is 0.0902. The van der Waals surface area contributed by atoms with Gasteiger partial charge in [-0.2, -0.15) is 5.26 Å². The summed E-state index contributed by atoms with van der Waals surface area (Å²) in [6.45, 7) is 0.490. The highest BCUT2D eigenvalue weighted by molar-refractivity contribution is 7.23. The number of nitrogens with zero attached hydrogens (tertiary/aromatic N) is 4. The van der Waals surface area contributed by atoms with Crippen LogP contribution in [-0.2, 0) is 22.7 Å². The number of hydrogen-bond donors (Lipinski definition) is 0. The largest absolute Gasteiger partial charge is 0.456 e. The number of benzene rings is 2. The van der Waals surface area contributed by atoms with Crippen molar-refractivity contribution in [2.45, 2.75) is 19.6 Å². The van der Waals surface area contributed by atoms with E-state index in [1.54, 1.807) is 10.5 Å². The Morgan fingerprint density at radius 1 is 1.15 bits per heavy atom. The highest BCUT2D eigenvalue weighted by atomic mass is 32.1. The first kappa shape index (κ1) is 20.7. The molecule has 0 bridgehead atoms. The van der Waals surface area contributed by atoms with Gasteiger partial charge in [-0.1, -0.05) is 41.7 Å². The Bertz CT molecular complexity index is 1630. The Hall–Kier alpha value is -4.22. The fourth-order valence-corrected chi connectivity index (χ4v) is 4.86. The smallest absolute Gasteiger partial charge is 0.331 e. The number of thiazole rings is 1. The maximum absolute atomic E-state index is 12.6. The van der Waals surface area contributed by atoms with Crippen LogP contribution in [0.1, 0.15) is 17.7 Å². The van der Waals surface area contributed by atoms with E-state index in [9.17, 15) is 9.59 Å². The van der Waals surface area contributed by atoms with Gasteiger partial charge in [0.05, 0.1) is 28.4 Å². The lowest BCUT2D eigenvalue weighted by atomic mass is 10.1. The molecule has 0 saturated heterocycles. The number of carbonyl (C=O) groups excluding carboxylic acids is 1. The molecule has 0 amide bonds. The van der Waals surface area contributed by atoms with Crippen molar-refractivity contribution in [2.24, 2.45) is 0 Å². The zero-order valence-electron chi connectivity index (χ0n) is 17.5. The molecule has 5 aromatic rings. The van der Waals surface area contributed by atoms with Gasteiger partial charge in [0.25, 0.3) is 5.56 Å². The van der Waals surface area contributed by atoms with Crippen LogP contribution in [0.15, 0.2) is 71.7 Å². The third kappa shape index (κ3) is 4.02. The number of carbonyl (C=O) groups is 1. The van der Waals surface area contributed by atoms with Crippen LogP contribution in [0.4, 0.5) is 0 Å². The Balaban J connectivity index is 1.33. The minimum Gasteiger partial charge on any atom is -0.456 e. The molecule has 0 saturated carbocycles. The molecule has 0 unspecified atom stereocenters. The molecule has 7 nitrogen and oxygen atoms in total. The van der Waals surface area contributed by atoms with E-state index in [-0.39, 0.29) is 12.2 Å². The molecule has 3 aromatic heterocycles. The summed E-state index contributed by atoms with van der Waals surface area (Å²) in [6, 6.07) is 19.0. The quantitative estimate of drug-likeness (QED) is 0.278. The first-order chi connectivity index (χ1) is 16.1. The maximum Gasteiger partial charge on any atom is 0.331 e. The predicted octanol–water partition coefficient (Wildman–Crippen LogP) is 4.53. The number of aromatic nitrogens is 3. The molecule has 0 radical (unpaired) electrons. The van der Waals surface area contributed by atoms with Crippen LogP contribution in [0.3, 0.4) is 0 Å². The molecule has 162 valence electrons. The summed E-state index contributed by atoms with van der Waals surface area (Å²) in [4.78, 5) is 30.0. The van der Waals surface area contributed by atoms with Crippen LogP contribution in [0.2, 0.25) is 0 Å². The first-order valence-electron chi connectivity index (χ1n) is 10.3. The molecule has 0 aliphatic heterocycles. The lowest BCUT2D eigenvalue weighted by molar-refractivity contribution is -0.139. The van der Waals surface area contributed by atoms with Crippen molar-refractivity contribution in [3.05, 3.63) is 88.5 Å². The average Bonchev–Trinajstić information content (AvgIpc) is 3.38. The molecule has 0 aliphatic carbocycles. The van der Waals surface area contributed by atoms with E-state index in [1.165, 1.54) is 23.5 Å². The van der Waals surface area contributed by atoms with Crippen molar-refractivity contribution < 1.29 is 9.53 Å². The van der Waals surface area contributed by atoms with Crippen LogP contribution in [0, 0.1) is 11.3 Å². The zero-order chi connectivity index (χ0) is 22.8. The second kappa shape index (κ2) is 8.73. The van der Waals surface area contributed by atoms with Crippen molar-refractivity contribution >= 4 is 49.5 Å². The topological polar surface area (TPSA) is 89.4 Å². The van der Waals surface area contributed by atoms with Gasteiger partial charge in [0.15, 0.2) is 4.96 Å². The van der Waals surface area contributed by atoms with Gasteiger partial charge in [0, 0.05) is 41.4 Å². The fourth-order valence-electron chi connectivity index (χ4n) is 3.81. The Morgan fingerprint density at radius 2 is 1.94 bits per heavy atom. The minimum atomic E-state index is -0.526. The van der Waals surface area contributed by atoms with Gasteiger partial charge >= 0.3 is 5.97 Å². The Morgan fingerprint density at radius 3 is 2.79 bits per heavy atom. The Labute approximate surface area is 192 Å². The molecule has 2 aromatic carbocycles. The lowest BCUT2D eigenvalue weighted by Crippen LogP contribution is -2.14. The molecule has 33 heavy (non-hydrogen) atoms. The van der Waals surface area contributed by atoms with Crippen molar-refractivity contribution in [1.82, 2.24) is 14.0 Å². The van der Waals surface area contributed by atoms with Crippen molar-refractivity contribution in [2.75, 3.05) is 0 Å². The highest BCUT2D eigenvalue weighted by Gasteiger charge is 2.11. The van der Waals surface area contributed by atoms with Gasteiger partial charge in [-0.3, -0.25) is 9.20 Å². The second-order valence-corrected chi connectivity index (χ2v) is 8.43. The van der Waals surface area contributed by atoms with Gasteiger partial charge in [0.1, 0.15) is 6.61 Å². The molecule has 3 heterocycles. The van der Waals surface area contributed by atoms with E-state index in [2.05, 4.69) is 11.1 Å². The molecule has 8 heteroatoms. The van der Waals surface area contributed by atoms with Crippen LogP contribution in [-0.4, -0.2) is 19.9 Å². The van der Waals surface area contributed by atoms with Crippen LogP contribution >= 0.6 is 11.3 Å². The van der Waals surface area contributed by atoms with Gasteiger partial charge in [-0.15, -0.1) is 0 Å². The van der Waals surface area contributed by atoms with Crippen molar-refractivity contribution in [1.29, 1.82) is 5.26 Å². The van der Waals surface area contributed by atoms with Gasteiger partial charge in [-0.05, 0) is 24.3 Å². The summed E-state index contributed by atoms with van der Waals surface area (Å²) >= 11 is 1.42. The third-order valence-corrected chi connectivity index (χ3v) is 6.32. The number of nitriles is 1. The van der Waals surface area contributed by atoms with E-state index < -0.39 is 5.97 Å². The van der Waals surface area contributed by atoms with Crippen LogP contribution in [0.5, 0.6) is 0 Å². The third-order valence-electron chi connectivity index (χ3n) is 5.29. The molecule has 0 fully saturated rings. The second-order valence-electron chi connectivity index (χ2n) is 7.42. The SMILES string of the molecule is N#CCCn1cc(C=CC(=O)OCc2cc(=O)n3c(n2)sc2ccccc23)c2ccccc21. The summed E-state index contributed by atoms with van der Waals surface area (Å²) in [7, 11) is 0. The average molecular weight is 455 g/mol. The Kier molecular flexibility index (Phi) is 5.47. The summed E-state index contributed by atoms with van der Waals surface area (Å²) in [6.07, 6.45) is 5.39. The van der Waals surface area contributed by atoms with E-state index in [0.717, 1.165) is 26.7 Å². The standard InChI is InChI=1S/C25H18N4O3S/c26-12-5-13-28-15-17(19-6-1-2-7-20(19)28)10-11-24(31)32-16-18-14-23(30)29-21-8-3-4-9-22(21)33-25(29)27-18/h1-4,6-11,14-15H,5,13,16H2. The monoisotopic (exact) mass is 454 g/mol. The molecule has 0 aliphatic rings. The number of fused-ring (bicyclic) bond motifs is 4. The van der Waals surface area contributed by atoms with Gasteiger partial charge in [0.2, 0.25) is 0 Å². The predicted molar refractivity (Wildman–Crippen MR) is 128 cm³/mol. The molecular weight excluding hydrogens is 436 g/mol. The fraction of sp³-hybridized carbons (Fsp3) is 0.120. The summed E-state index contributed by atoms with van der Waals surface area (Å²) < 4.78 is 9.86. The normalized spacial score (nSPS) is 11.5. The number of rotatable bonds is 6. The molecule has 0 spiro atoms. The molecule has 0 atom stereocenters. The van der Waals surface area contributed by atoms with Crippen LogP contribution < -0.4 is 5.56 Å². The number of esters is 1. The molecule has 0 N–H and O–H groups in total. The van der Waals surface area contributed by atoms with Gasteiger partial charge in [-0.25, -0.2) is 9.78 Å². The van der Waals surface area contributed by atoms with Crippen molar-refractivity contribution in [3.63, 3.8) is 0 Å². The number of hydrogen-bond acceptors (Lipinski definition) is 6. The van der Waals surface area contributed by atoms with Crippen molar-refractivity contribution in [3.8, 4) is 6.07 Å².